The van der Waals surface area contributed by atoms with Crippen molar-refractivity contribution in [1.82, 2.24) is 10.0 Å². The van der Waals surface area contributed by atoms with Gasteiger partial charge in [-0.05, 0) is 25.7 Å². The van der Waals surface area contributed by atoms with Crippen molar-refractivity contribution < 1.29 is 17.9 Å². The molecule has 2 atom stereocenters. The van der Waals surface area contributed by atoms with Gasteiger partial charge in [0.15, 0.2) is 0 Å². The Kier molecular flexibility index (Phi) is 5.95. The van der Waals surface area contributed by atoms with Gasteiger partial charge in [0.25, 0.3) is 0 Å². The highest BCUT2D eigenvalue weighted by molar-refractivity contribution is 7.89. The van der Waals surface area contributed by atoms with Crippen LogP contribution in [0.1, 0.15) is 46.5 Å². The molecule has 1 amide bonds. The summed E-state index contributed by atoms with van der Waals surface area (Å²) >= 11 is 0. The smallest absolute Gasteiger partial charge is 0.240 e. The van der Waals surface area contributed by atoms with Crippen molar-refractivity contribution in [2.45, 2.75) is 58.1 Å². The molecule has 8 heteroatoms. The van der Waals surface area contributed by atoms with Crippen LogP contribution in [0.3, 0.4) is 0 Å². The summed E-state index contributed by atoms with van der Waals surface area (Å²) in [6, 6.07) is 0. The maximum atomic E-state index is 12.4. The van der Waals surface area contributed by atoms with E-state index in [1.165, 1.54) is 6.42 Å². The second kappa shape index (κ2) is 7.27. The van der Waals surface area contributed by atoms with Crippen LogP contribution >= 0.6 is 0 Å². The van der Waals surface area contributed by atoms with Gasteiger partial charge in [0, 0.05) is 31.5 Å². The van der Waals surface area contributed by atoms with Gasteiger partial charge in [-0.1, -0.05) is 20.3 Å². The van der Waals surface area contributed by atoms with Crippen LogP contribution in [0, 0.1) is 11.3 Å². The molecule has 0 radical (unpaired) electrons. The number of nitrogens with two attached hydrogens (primary N) is 1. The number of hydrogen-bond donors (Lipinski definition) is 3. The number of carbonyl (C=O) groups excluding carboxylic acids is 1. The molecule has 0 heterocycles. The summed E-state index contributed by atoms with van der Waals surface area (Å²) in [7, 11) is -3.36. The molecule has 7 nitrogen and oxygen atoms in total. The molecule has 0 saturated heterocycles. The third kappa shape index (κ3) is 3.92. The molecule has 24 heavy (non-hydrogen) atoms. The third-order valence-corrected chi connectivity index (χ3v) is 7.06. The first-order valence-electron chi connectivity index (χ1n) is 8.78. The first-order valence-corrected chi connectivity index (χ1v) is 10.4. The van der Waals surface area contributed by atoms with Crippen molar-refractivity contribution in [2.75, 3.05) is 25.4 Å². The highest BCUT2D eigenvalue weighted by Crippen LogP contribution is 2.49. The van der Waals surface area contributed by atoms with Crippen LogP contribution in [0.4, 0.5) is 0 Å². The number of sulfonamides is 1. The monoisotopic (exact) mass is 361 g/mol. The molecule has 2 saturated carbocycles. The Morgan fingerprint density at radius 2 is 2.00 bits per heavy atom. The second-order valence-electron chi connectivity index (χ2n) is 7.56. The molecule has 0 bridgehead atoms. The molecule has 4 N–H and O–H groups in total. The number of nitrogens with one attached hydrogen (secondary N) is 2. The van der Waals surface area contributed by atoms with Crippen molar-refractivity contribution in [3.05, 3.63) is 0 Å². The average Bonchev–Trinajstić information content (AvgIpc) is 2.44. The van der Waals surface area contributed by atoms with Crippen LogP contribution in [-0.2, 0) is 19.6 Å². The van der Waals surface area contributed by atoms with Gasteiger partial charge >= 0.3 is 0 Å². The average molecular weight is 362 g/mol. The molecule has 2 aliphatic rings. The lowest BCUT2D eigenvalue weighted by atomic mass is 9.54. The van der Waals surface area contributed by atoms with Gasteiger partial charge in [0.1, 0.15) is 5.54 Å². The molecule has 0 aliphatic heterocycles. The third-order valence-electron chi connectivity index (χ3n) is 5.71. The molecular formula is C16H31N3O4S. The summed E-state index contributed by atoms with van der Waals surface area (Å²) in [6.07, 6.45) is 3.76. The van der Waals surface area contributed by atoms with Crippen molar-refractivity contribution in [3.63, 3.8) is 0 Å². The number of hydrogen-bond acceptors (Lipinski definition) is 5. The van der Waals surface area contributed by atoms with Crippen molar-refractivity contribution in [2.24, 2.45) is 17.1 Å². The molecule has 140 valence electrons. The van der Waals surface area contributed by atoms with Gasteiger partial charge in [-0.2, -0.15) is 0 Å². The Labute approximate surface area is 145 Å². The minimum Gasteiger partial charge on any atom is -0.378 e. The van der Waals surface area contributed by atoms with Crippen molar-refractivity contribution >= 4 is 15.9 Å². The normalized spacial score (nSPS) is 29.6. The highest BCUT2D eigenvalue weighted by atomic mass is 32.2. The van der Waals surface area contributed by atoms with E-state index in [2.05, 4.69) is 10.0 Å². The Hall–Kier alpha value is -0.700. The zero-order chi connectivity index (χ0) is 18.0. The largest absolute Gasteiger partial charge is 0.378 e. The number of rotatable bonds is 9. The molecule has 2 fully saturated rings. The van der Waals surface area contributed by atoms with E-state index in [4.69, 9.17) is 10.5 Å². The summed E-state index contributed by atoms with van der Waals surface area (Å²) in [4.78, 5) is 12.4. The fourth-order valence-corrected chi connectivity index (χ4v) is 4.30. The van der Waals surface area contributed by atoms with E-state index >= 15 is 0 Å². The van der Waals surface area contributed by atoms with E-state index in [0.29, 0.717) is 25.5 Å². The van der Waals surface area contributed by atoms with Crippen molar-refractivity contribution in [3.8, 4) is 0 Å². The van der Waals surface area contributed by atoms with Gasteiger partial charge in [-0.3, -0.25) is 4.79 Å². The highest BCUT2D eigenvalue weighted by Gasteiger charge is 2.62. The van der Waals surface area contributed by atoms with Crippen LogP contribution in [0.2, 0.25) is 0 Å². The summed E-state index contributed by atoms with van der Waals surface area (Å²) in [5, 5.41) is 2.68. The zero-order valence-corrected chi connectivity index (χ0v) is 15.7. The fourth-order valence-electron chi connectivity index (χ4n) is 3.29. The quantitative estimate of drug-likeness (QED) is 0.549. The van der Waals surface area contributed by atoms with Gasteiger partial charge in [-0.15, -0.1) is 0 Å². The molecule has 2 rings (SSSR count). The molecule has 0 spiro atoms. The first kappa shape index (κ1) is 19.6. The van der Waals surface area contributed by atoms with E-state index in [1.807, 2.05) is 20.8 Å². The minimum absolute atomic E-state index is 0.0499. The molecule has 2 unspecified atom stereocenters. The van der Waals surface area contributed by atoms with Crippen LogP contribution in [0.15, 0.2) is 0 Å². The van der Waals surface area contributed by atoms with Crippen molar-refractivity contribution in [1.29, 1.82) is 0 Å². The van der Waals surface area contributed by atoms with E-state index in [-0.39, 0.29) is 24.3 Å². The molecular weight excluding hydrogens is 330 g/mol. The van der Waals surface area contributed by atoms with Gasteiger partial charge in [-0.25, -0.2) is 13.1 Å². The van der Waals surface area contributed by atoms with Crippen LogP contribution in [0.5, 0.6) is 0 Å². The maximum Gasteiger partial charge on any atom is 0.240 e. The summed E-state index contributed by atoms with van der Waals surface area (Å²) in [5.41, 5.74) is 4.77. The maximum absolute atomic E-state index is 12.4. The Morgan fingerprint density at radius 1 is 1.33 bits per heavy atom. The van der Waals surface area contributed by atoms with E-state index in [1.54, 1.807) is 0 Å². The predicted molar refractivity (Wildman–Crippen MR) is 92.9 cm³/mol. The minimum atomic E-state index is -3.36. The van der Waals surface area contributed by atoms with Gasteiger partial charge in [0.05, 0.1) is 11.9 Å². The molecule has 0 aromatic rings. The Bertz CT molecular complexity index is 560. The lowest BCUT2D eigenvalue weighted by Crippen LogP contribution is -2.75. The predicted octanol–water partition coefficient (Wildman–Crippen LogP) is 0.355. The van der Waals surface area contributed by atoms with Gasteiger partial charge < -0.3 is 15.8 Å². The van der Waals surface area contributed by atoms with Crippen LogP contribution < -0.4 is 15.8 Å². The lowest BCUT2D eigenvalue weighted by Gasteiger charge is -2.57. The summed E-state index contributed by atoms with van der Waals surface area (Å²) < 4.78 is 32.1. The molecule has 0 aromatic heterocycles. The Morgan fingerprint density at radius 3 is 2.50 bits per heavy atom. The lowest BCUT2D eigenvalue weighted by molar-refractivity contribution is -0.170. The van der Waals surface area contributed by atoms with Crippen LogP contribution in [0.25, 0.3) is 0 Å². The second-order valence-corrected chi connectivity index (χ2v) is 9.49. The summed E-state index contributed by atoms with van der Waals surface area (Å²) in [5.74, 6) is 0.0298. The number of amides is 1. The fraction of sp³-hybridized carbons (Fsp3) is 0.938. The zero-order valence-electron chi connectivity index (χ0n) is 14.9. The van der Waals surface area contributed by atoms with E-state index in [0.717, 1.165) is 12.8 Å². The first-order chi connectivity index (χ1) is 11.1. The number of carbonyl (C=O) groups is 1. The van der Waals surface area contributed by atoms with E-state index in [9.17, 15) is 13.2 Å². The molecule has 2 aliphatic carbocycles. The van der Waals surface area contributed by atoms with Crippen LogP contribution in [-0.4, -0.2) is 51.4 Å². The van der Waals surface area contributed by atoms with Gasteiger partial charge in [0.2, 0.25) is 15.9 Å². The summed E-state index contributed by atoms with van der Waals surface area (Å²) in [6.45, 7) is 6.87. The molecule has 0 aromatic carbocycles. The SMILES string of the molecule is CCOC1CC(N)(C(=O)NCCS(=O)(=O)NCC2CCC2)C1(C)C. The number of ether oxygens (including phenoxy) is 1. The Balaban J connectivity index is 1.76. The standard InChI is InChI=1S/C16H31N3O4S/c1-4-23-13-10-16(17,15(13,2)3)14(20)18-8-9-24(21,22)19-11-12-6-5-7-12/h12-13,19H,4-11,17H2,1-3H3,(H,18,20). The topological polar surface area (TPSA) is 111 Å². The van der Waals surface area contributed by atoms with E-state index < -0.39 is 21.0 Å².